The van der Waals surface area contributed by atoms with Gasteiger partial charge in [-0.05, 0) is 51.0 Å². The Labute approximate surface area is 217 Å². The Bertz CT molecular complexity index is 1230. The number of aliphatic hydroxyl groups is 1. The van der Waals surface area contributed by atoms with E-state index >= 15 is 0 Å². The molecule has 0 fully saturated rings. The van der Waals surface area contributed by atoms with Crippen LogP contribution in [0.3, 0.4) is 0 Å². The highest BCUT2D eigenvalue weighted by atomic mass is 32.2. The first kappa shape index (κ1) is 29.9. The molecule has 1 aromatic carbocycles. The van der Waals surface area contributed by atoms with Crippen LogP contribution < -0.4 is 4.72 Å². The molecule has 11 heteroatoms. The highest BCUT2D eigenvalue weighted by Gasteiger charge is 2.20. The molecule has 0 aliphatic carbocycles. The van der Waals surface area contributed by atoms with Crippen LogP contribution >= 0.6 is 0 Å². The van der Waals surface area contributed by atoms with Gasteiger partial charge in [-0.25, -0.2) is 27.6 Å². The van der Waals surface area contributed by atoms with Crippen LogP contribution in [0, 0.1) is 5.82 Å². The minimum Gasteiger partial charge on any atom is -0.498 e. The first-order chi connectivity index (χ1) is 17.5. The van der Waals surface area contributed by atoms with E-state index in [4.69, 9.17) is 9.47 Å². The van der Waals surface area contributed by atoms with Gasteiger partial charge in [0.05, 0.1) is 42.5 Å². The number of ether oxygens (including phenoxy) is 2. The zero-order valence-corrected chi connectivity index (χ0v) is 22.5. The molecular formula is C26H34FN3O6S. The maximum atomic E-state index is 13.6. The van der Waals surface area contributed by atoms with Crippen molar-refractivity contribution < 1.29 is 32.2 Å². The van der Waals surface area contributed by atoms with Crippen LogP contribution in [0.5, 0.6) is 0 Å². The van der Waals surface area contributed by atoms with Crippen molar-refractivity contribution >= 4 is 28.0 Å². The third-order valence-corrected chi connectivity index (χ3v) is 6.31. The summed E-state index contributed by atoms with van der Waals surface area (Å²) in [5.41, 5.74) is 1.96. The predicted molar refractivity (Wildman–Crippen MR) is 141 cm³/mol. The lowest BCUT2D eigenvalue weighted by Gasteiger charge is -2.17. The number of nitrogens with one attached hydrogen (secondary N) is 1. The lowest BCUT2D eigenvalue weighted by molar-refractivity contribution is -0.137. The zero-order valence-electron chi connectivity index (χ0n) is 21.7. The quantitative estimate of drug-likeness (QED) is 0.219. The molecule has 0 saturated heterocycles. The molecule has 0 aliphatic heterocycles. The van der Waals surface area contributed by atoms with Gasteiger partial charge in [0.25, 0.3) is 0 Å². The largest absolute Gasteiger partial charge is 0.498 e. The van der Waals surface area contributed by atoms with Crippen molar-refractivity contribution in [3.8, 4) is 11.3 Å². The number of rotatable bonds is 13. The lowest BCUT2D eigenvalue weighted by atomic mass is 9.97. The van der Waals surface area contributed by atoms with Crippen molar-refractivity contribution in [2.75, 3.05) is 23.7 Å². The van der Waals surface area contributed by atoms with E-state index < -0.39 is 27.9 Å². The monoisotopic (exact) mass is 535 g/mol. The summed E-state index contributed by atoms with van der Waals surface area (Å²) < 4.78 is 50.7. The Morgan fingerprint density at radius 3 is 2.32 bits per heavy atom. The molecule has 0 aliphatic rings. The van der Waals surface area contributed by atoms with E-state index in [9.17, 15) is 22.7 Å². The molecule has 0 amide bonds. The molecule has 202 valence electrons. The van der Waals surface area contributed by atoms with E-state index in [1.54, 1.807) is 19.9 Å². The van der Waals surface area contributed by atoms with Crippen molar-refractivity contribution in [2.24, 2.45) is 0 Å². The second-order valence-corrected chi connectivity index (χ2v) is 10.3. The number of halogens is 1. The Morgan fingerprint density at radius 1 is 1.11 bits per heavy atom. The number of anilines is 1. The molecule has 2 N–H and O–H groups in total. The van der Waals surface area contributed by atoms with Gasteiger partial charge in [0.1, 0.15) is 11.6 Å². The molecule has 0 spiro atoms. The fourth-order valence-corrected chi connectivity index (χ4v) is 3.83. The van der Waals surface area contributed by atoms with E-state index in [-0.39, 0.29) is 36.4 Å². The summed E-state index contributed by atoms with van der Waals surface area (Å²) in [5.74, 6) is -1.14. The minimum atomic E-state index is -3.64. The minimum absolute atomic E-state index is 0.0152. The van der Waals surface area contributed by atoms with Crippen LogP contribution in [-0.4, -0.2) is 54.5 Å². The molecule has 0 bridgehead atoms. The molecule has 1 aromatic heterocycles. The first-order valence-corrected chi connectivity index (χ1v) is 13.7. The van der Waals surface area contributed by atoms with Crippen LogP contribution in [0.15, 0.2) is 42.2 Å². The van der Waals surface area contributed by atoms with Crippen molar-refractivity contribution in [2.45, 2.75) is 53.1 Å². The average molecular weight is 536 g/mol. The zero-order chi connectivity index (χ0) is 27.6. The second-order valence-electron chi connectivity index (χ2n) is 8.29. The van der Waals surface area contributed by atoms with Crippen LogP contribution in [-0.2, 0) is 24.3 Å². The molecule has 1 unspecified atom stereocenters. The van der Waals surface area contributed by atoms with Crippen molar-refractivity contribution in [1.29, 1.82) is 0 Å². The van der Waals surface area contributed by atoms with Gasteiger partial charge in [0.2, 0.25) is 16.0 Å². The number of sulfonamides is 1. The Kier molecular flexibility index (Phi) is 11.2. The number of hydrogen-bond donors (Lipinski definition) is 2. The number of benzene rings is 1. The predicted octanol–water partition coefficient (Wildman–Crippen LogP) is 4.42. The topological polar surface area (TPSA) is 128 Å². The summed E-state index contributed by atoms with van der Waals surface area (Å²) in [6.07, 6.45) is 3.31. The van der Waals surface area contributed by atoms with Crippen molar-refractivity contribution in [3.05, 3.63) is 59.3 Å². The number of aromatic nitrogens is 2. The van der Waals surface area contributed by atoms with Gasteiger partial charge in [-0.2, -0.15) is 0 Å². The highest BCUT2D eigenvalue weighted by Crippen LogP contribution is 2.31. The van der Waals surface area contributed by atoms with Crippen LogP contribution in [0.25, 0.3) is 17.3 Å². The number of hydrogen-bond acceptors (Lipinski definition) is 8. The molecule has 2 aromatic rings. The lowest BCUT2D eigenvalue weighted by Crippen LogP contribution is -2.18. The summed E-state index contributed by atoms with van der Waals surface area (Å²) in [4.78, 5) is 20.7. The van der Waals surface area contributed by atoms with Gasteiger partial charge in [-0.15, -0.1) is 0 Å². The van der Waals surface area contributed by atoms with Gasteiger partial charge in [-0.3, -0.25) is 4.72 Å². The molecule has 0 saturated carbocycles. The van der Waals surface area contributed by atoms with E-state index in [0.717, 1.165) is 0 Å². The average Bonchev–Trinajstić information content (AvgIpc) is 2.83. The summed E-state index contributed by atoms with van der Waals surface area (Å²) in [7, 11) is -3.64. The second kappa shape index (κ2) is 13.8. The molecule has 2 rings (SSSR count). The maximum absolute atomic E-state index is 13.6. The molecule has 1 heterocycles. The number of nitrogens with zero attached hydrogens (tertiary/aromatic N) is 2. The number of aliphatic hydroxyl groups excluding tert-OH is 1. The summed E-state index contributed by atoms with van der Waals surface area (Å²) in [5, 5.41) is 10.7. The fraction of sp³-hybridized carbons (Fsp3) is 0.423. The number of carbonyl (C=O) groups is 1. The smallest absolute Gasteiger partial charge is 0.334 e. The van der Waals surface area contributed by atoms with Gasteiger partial charge in [0, 0.05) is 17.5 Å². The molecule has 37 heavy (non-hydrogen) atoms. The third-order valence-electron chi connectivity index (χ3n) is 5.06. The highest BCUT2D eigenvalue weighted by molar-refractivity contribution is 7.92. The SMILES string of the molecule is CCOC(=O)/C=C(/CC(O)/C=C/c1c(-c2ccc(F)cc2)nc(NS(=O)(=O)CC)nc1C(C)C)OCC. The van der Waals surface area contributed by atoms with Gasteiger partial charge in [-0.1, -0.05) is 26.0 Å². The normalized spacial score (nSPS) is 13.1. The van der Waals surface area contributed by atoms with E-state index in [1.165, 1.54) is 43.3 Å². The standard InChI is InChI=1S/C26H34FN3O6S/c1-6-35-21(16-23(32)36-7-2)15-20(31)13-14-22-24(17(4)5)28-26(30-37(33,34)8-3)29-25(22)18-9-11-19(27)12-10-18/h9-14,16-17,20,31H,6-8,15H2,1-5H3,(H,28,29,30)/b14-13+,21-16-. The summed E-state index contributed by atoms with van der Waals surface area (Å²) >= 11 is 0. The van der Waals surface area contributed by atoms with E-state index in [2.05, 4.69) is 14.7 Å². The van der Waals surface area contributed by atoms with Crippen LogP contribution in [0.2, 0.25) is 0 Å². The van der Waals surface area contributed by atoms with Gasteiger partial charge in [0.15, 0.2) is 0 Å². The van der Waals surface area contributed by atoms with E-state index in [1.807, 2.05) is 13.8 Å². The molecule has 1 atom stereocenters. The molecule has 0 radical (unpaired) electrons. The van der Waals surface area contributed by atoms with Gasteiger partial charge >= 0.3 is 5.97 Å². The maximum Gasteiger partial charge on any atom is 0.334 e. The fourth-order valence-electron chi connectivity index (χ4n) is 3.32. The number of esters is 1. The Morgan fingerprint density at radius 2 is 1.76 bits per heavy atom. The first-order valence-electron chi connectivity index (χ1n) is 12.0. The van der Waals surface area contributed by atoms with Crippen LogP contribution in [0.4, 0.5) is 10.3 Å². The van der Waals surface area contributed by atoms with Crippen molar-refractivity contribution in [1.82, 2.24) is 9.97 Å². The number of carbonyl (C=O) groups excluding carboxylic acids is 1. The third kappa shape index (κ3) is 9.25. The Hall–Kier alpha value is -3.31. The Balaban J connectivity index is 2.54. The van der Waals surface area contributed by atoms with Gasteiger partial charge < -0.3 is 14.6 Å². The molecular weight excluding hydrogens is 501 g/mol. The van der Waals surface area contributed by atoms with Crippen LogP contribution in [0.1, 0.15) is 58.2 Å². The van der Waals surface area contributed by atoms with Crippen molar-refractivity contribution in [3.63, 3.8) is 0 Å². The summed E-state index contributed by atoms with van der Waals surface area (Å²) in [6, 6.07) is 5.62. The van der Waals surface area contributed by atoms with E-state index in [0.29, 0.717) is 29.1 Å². The summed E-state index contributed by atoms with van der Waals surface area (Å²) in [6.45, 7) is 9.24. The molecule has 9 nitrogen and oxygen atoms in total.